The Morgan fingerprint density at radius 3 is 1.83 bits per heavy atom. The second-order valence-electron chi connectivity index (χ2n) is 17.0. The molecule has 13 nitrogen and oxygen atoms in total. The Morgan fingerprint density at radius 1 is 0.733 bits per heavy atom. The van der Waals surface area contributed by atoms with Gasteiger partial charge in [0, 0.05) is 43.4 Å². The summed E-state index contributed by atoms with van der Waals surface area (Å²) in [7, 11) is 2.61. The van der Waals surface area contributed by atoms with Crippen molar-refractivity contribution in [3.63, 3.8) is 0 Å². The Hall–Kier alpha value is -5.28. The summed E-state index contributed by atoms with van der Waals surface area (Å²) in [4.78, 5) is 71.7. The van der Waals surface area contributed by atoms with E-state index in [1.807, 2.05) is 50.5 Å². The highest BCUT2D eigenvalue weighted by Gasteiger charge is 2.43. The van der Waals surface area contributed by atoms with E-state index in [-0.39, 0.29) is 47.8 Å². The van der Waals surface area contributed by atoms with Gasteiger partial charge >= 0.3 is 12.2 Å². The van der Waals surface area contributed by atoms with Crippen LogP contribution in [-0.2, 0) is 25.5 Å². The van der Waals surface area contributed by atoms with Crippen molar-refractivity contribution in [2.24, 2.45) is 16.8 Å². The van der Waals surface area contributed by atoms with Gasteiger partial charge in [-0.05, 0) is 98.4 Å². The van der Waals surface area contributed by atoms with Gasteiger partial charge in [-0.3, -0.25) is 14.6 Å². The van der Waals surface area contributed by atoms with Crippen LogP contribution in [0.15, 0.2) is 53.5 Å². The van der Waals surface area contributed by atoms with Gasteiger partial charge in [0.1, 0.15) is 17.9 Å². The molecule has 60 heavy (non-hydrogen) atoms. The number of methoxy groups -OCH3 is 2. The quantitative estimate of drug-likeness (QED) is 0.127. The zero-order chi connectivity index (χ0) is 42.6. The molecule has 2 aromatic carbocycles. The summed E-state index contributed by atoms with van der Waals surface area (Å²) in [6, 6.07) is 15.6. The highest BCUT2D eigenvalue weighted by atomic mass is 32.1. The molecule has 6 heterocycles. The molecule has 5 aromatic rings. The lowest BCUT2D eigenvalue weighted by Crippen LogP contribution is -2.55. The third-order valence-corrected chi connectivity index (χ3v) is 14.7. The zero-order valence-corrected chi connectivity index (χ0v) is 37.0. The summed E-state index contributed by atoms with van der Waals surface area (Å²) >= 11 is 3.52. The number of benzene rings is 2. The van der Waals surface area contributed by atoms with Crippen molar-refractivity contribution >= 4 is 78.5 Å². The molecule has 8 rings (SSSR count). The fourth-order valence-corrected chi connectivity index (χ4v) is 11.4. The van der Waals surface area contributed by atoms with Gasteiger partial charge in [0.05, 0.1) is 43.0 Å². The molecule has 0 saturated carbocycles. The monoisotopic (exact) mass is 851 g/mol. The molecule has 316 valence electrons. The number of hydrogen-bond acceptors (Lipinski definition) is 10. The van der Waals surface area contributed by atoms with Crippen LogP contribution in [0, 0.1) is 11.8 Å². The second-order valence-corrected chi connectivity index (χ2v) is 19.2. The van der Waals surface area contributed by atoms with Crippen LogP contribution < -0.4 is 10.6 Å². The second kappa shape index (κ2) is 16.6. The third kappa shape index (κ3) is 7.77. The number of carbonyl (C=O) groups is 4. The molecule has 0 radical (unpaired) electrons. The van der Waals surface area contributed by atoms with E-state index in [9.17, 15) is 19.2 Å². The van der Waals surface area contributed by atoms with E-state index < -0.39 is 24.3 Å². The Bertz CT molecular complexity index is 2470. The maximum Gasteiger partial charge on any atom is 0.407 e. The van der Waals surface area contributed by atoms with Crippen LogP contribution in [0.25, 0.3) is 41.3 Å². The fraction of sp³-hybridized carbons (Fsp3) is 0.467. The van der Waals surface area contributed by atoms with Gasteiger partial charge in [-0.2, -0.15) is 0 Å². The predicted molar refractivity (Wildman–Crippen MR) is 237 cm³/mol. The average Bonchev–Trinajstić information content (AvgIpc) is 4.08. The first-order valence-electron chi connectivity index (χ1n) is 20.8. The number of ether oxygens (including phenoxy) is 2. The van der Waals surface area contributed by atoms with Gasteiger partial charge in [0.2, 0.25) is 11.8 Å². The number of aromatic amines is 1. The molecular formula is C45H53N7O6S2. The molecule has 0 spiro atoms. The van der Waals surface area contributed by atoms with Crippen LogP contribution in [0.2, 0.25) is 0 Å². The van der Waals surface area contributed by atoms with Crippen LogP contribution in [0.4, 0.5) is 15.3 Å². The van der Waals surface area contributed by atoms with E-state index in [4.69, 9.17) is 19.5 Å². The summed E-state index contributed by atoms with van der Waals surface area (Å²) in [6.45, 7) is 11.8. The minimum Gasteiger partial charge on any atom is -0.453 e. The van der Waals surface area contributed by atoms with Crippen molar-refractivity contribution in [2.45, 2.75) is 110 Å². The third-order valence-electron chi connectivity index (χ3n) is 12.3. The average molecular weight is 852 g/mol. The highest BCUT2D eigenvalue weighted by Crippen LogP contribution is 2.44. The number of likely N-dealkylation sites (tertiary alicyclic amines) is 2. The number of aromatic nitrogens is 2. The van der Waals surface area contributed by atoms with Gasteiger partial charge in [0.25, 0.3) is 0 Å². The molecule has 3 aromatic heterocycles. The van der Waals surface area contributed by atoms with Gasteiger partial charge in [-0.1, -0.05) is 45.9 Å². The number of nitrogens with one attached hydrogen (secondary N) is 3. The zero-order valence-electron chi connectivity index (χ0n) is 35.3. The number of rotatable bonds is 10. The maximum atomic E-state index is 13.9. The molecule has 1 unspecified atom stereocenters. The van der Waals surface area contributed by atoms with Gasteiger partial charge in [-0.25, -0.2) is 14.6 Å². The van der Waals surface area contributed by atoms with Crippen molar-refractivity contribution in [3.8, 4) is 20.9 Å². The molecule has 0 aliphatic carbocycles. The Labute approximate surface area is 357 Å². The van der Waals surface area contributed by atoms with Crippen LogP contribution in [0.5, 0.6) is 0 Å². The normalized spacial score (nSPS) is 21.1. The van der Waals surface area contributed by atoms with E-state index >= 15 is 0 Å². The first-order chi connectivity index (χ1) is 28.7. The summed E-state index contributed by atoms with van der Waals surface area (Å²) in [6.07, 6.45) is 2.80. The largest absolute Gasteiger partial charge is 0.453 e. The predicted octanol–water partition coefficient (Wildman–Crippen LogP) is 8.99. The molecule has 15 heteroatoms. The van der Waals surface area contributed by atoms with Crippen LogP contribution in [-0.4, -0.2) is 93.9 Å². The number of aliphatic imine (C=N–C) groups is 1. The van der Waals surface area contributed by atoms with E-state index in [1.165, 1.54) is 28.5 Å². The summed E-state index contributed by atoms with van der Waals surface area (Å²) < 4.78 is 12.1. The molecule has 3 N–H and O–H groups in total. The number of alkyl carbamates (subject to hydrolysis) is 2. The summed E-state index contributed by atoms with van der Waals surface area (Å²) in [5.74, 6) is 0.312. The minimum atomic E-state index is -0.702. The molecule has 0 bridgehead atoms. The minimum absolute atomic E-state index is 0.00356. The molecule has 6 atom stereocenters. The van der Waals surface area contributed by atoms with Crippen LogP contribution in [0.3, 0.4) is 0 Å². The SMILES string of the molecule is COC(=O)N[C@H](C(=O)N1C(c2nc3ccc(-c4cc5sc(-c6ccc7c(c6)N=C([C@@H]6CC[C@H](C)N6C(=O)[C@@H](NC(=O)OC)C(C)C)C7)cc5s4)cc3[nH]2)CC[C@@H]1C)C(C)C. The van der Waals surface area contributed by atoms with Crippen molar-refractivity contribution in [1.82, 2.24) is 30.4 Å². The Kier molecular flexibility index (Phi) is 11.5. The Morgan fingerprint density at radius 2 is 1.27 bits per heavy atom. The number of amides is 4. The first-order valence-corrected chi connectivity index (χ1v) is 22.4. The van der Waals surface area contributed by atoms with E-state index in [0.29, 0.717) is 6.42 Å². The topological polar surface area (TPSA) is 158 Å². The number of hydrogen-bond donors (Lipinski definition) is 3. The number of nitrogens with zero attached hydrogens (tertiary/aromatic N) is 4. The van der Waals surface area contributed by atoms with E-state index in [2.05, 4.69) is 65.0 Å². The molecular weight excluding hydrogens is 799 g/mol. The lowest BCUT2D eigenvalue weighted by Gasteiger charge is -2.33. The van der Waals surface area contributed by atoms with E-state index in [0.717, 1.165) is 75.5 Å². The Balaban J connectivity index is 0.990. The lowest BCUT2D eigenvalue weighted by molar-refractivity contribution is -0.137. The van der Waals surface area contributed by atoms with E-state index in [1.54, 1.807) is 22.7 Å². The highest BCUT2D eigenvalue weighted by molar-refractivity contribution is 7.31. The maximum absolute atomic E-state index is 13.9. The fourth-order valence-electron chi connectivity index (χ4n) is 9.04. The number of H-pyrrole nitrogens is 1. The molecule has 2 saturated heterocycles. The van der Waals surface area contributed by atoms with Gasteiger partial charge < -0.3 is 34.9 Å². The standard InChI is InChI=1S/C45H53N7O6S2/c1-22(2)39(49-44(55)57-7)42(53)51-24(5)9-15-33(51)32-17-26-11-12-27(18-30(26)46-32)35-20-37-38(59-35)21-36(60-37)28-13-14-29-31(19-28)48-41(47-29)34-16-10-25(6)52(34)43(54)40(23(3)4)50-45(56)58-8/h11-14,18-25,33-34,39-40H,9-10,15-17H2,1-8H3,(H,47,48)(H,49,55)(H,50,56)/t24-,25-,33-,34?,39-,40-/m0/s1. The van der Waals surface area contributed by atoms with Crippen molar-refractivity contribution in [3.05, 3.63) is 59.9 Å². The van der Waals surface area contributed by atoms with Crippen LogP contribution in [0.1, 0.15) is 84.7 Å². The summed E-state index contributed by atoms with van der Waals surface area (Å²) in [5.41, 5.74) is 7.06. The lowest BCUT2D eigenvalue weighted by atomic mass is 9.99. The molecule has 4 amide bonds. The number of imidazole rings is 1. The summed E-state index contributed by atoms with van der Waals surface area (Å²) in [5, 5.41) is 5.49. The molecule has 3 aliphatic rings. The van der Waals surface area contributed by atoms with Crippen LogP contribution >= 0.6 is 22.7 Å². The molecule has 3 aliphatic heterocycles. The van der Waals surface area contributed by atoms with Crippen molar-refractivity contribution < 1.29 is 28.7 Å². The van der Waals surface area contributed by atoms with Gasteiger partial charge in [-0.15, -0.1) is 22.7 Å². The number of thiophene rings is 2. The van der Waals surface area contributed by atoms with Gasteiger partial charge in [0.15, 0.2) is 0 Å². The smallest absolute Gasteiger partial charge is 0.407 e. The van der Waals surface area contributed by atoms with Crippen molar-refractivity contribution in [1.29, 1.82) is 0 Å². The number of carbonyl (C=O) groups excluding carboxylic acids is 4. The molecule has 2 fully saturated rings. The van der Waals surface area contributed by atoms with Crippen molar-refractivity contribution in [2.75, 3.05) is 14.2 Å². The number of fused-ring (bicyclic) bond motifs is 3. The first kappa shape index (κ1) is 41.5.